The second-order valence-electron chi connectivity index (χ2n) is 5.09. The van der Waals surface area contributed by atoms with Crippen molar-refractivity contribution < 1.29 is 9.90 Å². The van der Waals surface area contributed by atoms with Crippen LogP contribution in [0.25, 0.3) is 0 Å². The molecule has 1 amide bonds. The number of carbonyl (C=O) groups is 1. The van der Waals surface area contributed by atoms with Gasteiger partial charge in [0.05, 0.1) is 11.2 Å². The topological polar surface area (TPSA) is 101 Å². The maximum Gasteiger partial charge on any atom is 0.251 e. The predicted octanol–water partition coefficient (Wildman–Crippen LogP) is 0.681. The number of hydrogen-bond acceptors (Lipinski definition) is 5. The SMILES string of the molecule is C[C@]1(O)CCC[C@@H](Nc2ncc(C(N)=O)cn2)C1. The van der Waals surface area contributed by atoms with E-state index in [9.17, 15) is 9.90 Å². The molecule has 0 bridgehead atoms. The molecular weight excluding hydrogens is 232 g/mol. The molecule has 6 nitrogen and oxygen atoms in total. The molecule has 0 spiro atoms. The van der Waals surface area contributed by atoms with E-state index in [2.05, 4.69) is 15.3 Å². The molecule has 2 rings (SSSR count). The summed E-state index contributed by atoms with van der Waals surface area (Å²) < 4.78 is 0. The first-order valence-electron chi connectivity index (χ1n) is 6.07. The Morgan fingerprint density at radius 3 is 2.78 bits per heavy atom. The van der Waals surface area contributed by atoms with Crippen molar-refractivity contribution >= 4 is 11.9 Å². The van der Waals surface area contributed by atoms with Crippen LogP contribution in [-0.4, -0.2) is 32.6 Å². The van der Waals surface area contributed by atoms with Crippen LogP contribution in [0.2, 0.25) is 0 Å². The predicted molar refractivity (Wildman–Crippen MR) is 67.1 cm³/mol. The fourth-order valence-electron chi connectivity index (χ4n) is 2.30. The maximum atomic E-state index is 10.9. The zero-order valence-corrected chi connectivity index (χ0v) is 10.4. The van der Waals surface area contributed by atoms with Gasteiger partial charge >= 0.3 is 0 Å². The summed E-state index contributed by atoms with van der Waals surface area (Å²) >= 11 is 0. The number of anilines is 1. The van der Waals surface area contributed by atoms with E-state index in [-0.39, 0.29) is 11.6 Å². The average Bonchev–Trinajstić information content (AvgIpc) is 2.28. The third kappa shape index (κ3) is 3.16. The van der Waals surface area contributed by atoms with Crippen molar-refractivity contribution in [2.24, 2.45) is 5.73 Å². The first kappa shape index (κ1) is 12.8. The van der Waals surface area contributed by atoms with E-state index in [0.717, 1.165) is 19.3 Å². The fourth-order valence-corrected chi connectivity index (χ4v) is 2.30. The first-order valence-corrected chi connectivity index (χ1v) is 6.07. The van der Waals surface area contributed by atoms with Crippen LogP contribution in [-0.2, 0) is 0 Å². The van der Waals surface area contributed by atoms with E-state index < -0.39 is 11.5 Å². The molecule has 1 saturated carbocycles. The Labute approximate surface area is 106 Å². The molecule has 6 heteroatoms. The summed E-state index contributed by atoms with van der Waals surface area (Å²) in [5.41, 5.74) is 4.78. The zero-order valence-electron chi connectivity index (χ0n) is 10.4. The van der Waals surface area contributed by atoms with Gasteiger partial charge in [-0.15, -0.1) is 0 Å². The van der Waals surface area contributed by atoms with Crippen molar-refractivity contribution in [3.63, 3.8) is 0 Å². The monoisotopic (exact) mass is 250 g/mol. The van der Waals surface area contributed by atoms with Crippen LogP contribution in [0.3, 0.4) is 0 Å². The molecule has 1 fully saturated rings. The number of carbonyl (C=O) groups excluding carboxylic acids is 1. The Morgan fingerprint density at radius 1 is 1.56 bits per heavy atom. The quantitative estimate of drug-likeness (QED) is 0.732. The Balaban J connectivity index is 1.99. The van der Waals surface area contributed by atoms with E-state index in [1.807, 2.05) is 6.92 Å². The van der Waals surface area contributed by atoms with Gasteiger partial charge in [0.1, 0.15) is 0 Å². The first-order chi connectivity index (χ1) is 8.46. The van der Waals surface area contributed by atoms with Gasteiger partial charge in [-0.1, -0.05) is 0 Å². The molecule has 0 saturated heterocycles. The van der Waals surface area contributed by atoms with Gasteiger partial charge in [0, 0.05) is 18.4 Å². The van der Waals surface area contributed by atoms with Crippen LogP contribution in [0.1, 0.15) is 43.0 Å². The summed E-state index contributed by atoms with van der Waals surface area (Å²) in [6.45, 7) is 1.85. The number of primary amides is 1. The second-order valence-corrected chi connectivity index (χ2v) is 5.09. The molecule has 4 N–H and O–H groups in total. The van der Waals surface area contributed by atoms with Gasteiger partial charge in [0.25, 0.3) is 5.91 Å². The number of aliphatic hydroxyl groups is 1. The van der Waals surface area contributed by atoms with Crippen LogP contribution in [0.5, 0.6) is 0 Å². The highest BCUT2D eigenvalue weighted by atomic mass is 16.3. The number of aromatic nitrogens is 2. The molecule has 0 radical (unpaired) electrons. The van der Waals surface area contributed by atoms with E-state index in [4.69, 9.17) is 5.73 Å². The third-order valence-corrected chi connectivity index (χ3v) is 3.22. The van der Waals surface area contributed by atoms with E-state index in [1.165, 1.54) is 12.4 Å². The summed E-state index contributed by atoms with van der Waals surface area (Å²) in [6.07, 6.45) is 6.26. The van der Waals surface area contributed by atoms with Gasteiger partial charge in [0.2, 0.25) is 5.95 Å². The molecule has 0 aromatic carbocycles. The van der Waals surface area contributed by atoms with Crippen LogP contribution >= 0.6 is 0 Å². The van der Waals surface area contributed by atoms with E-state index in [0.29, 0.717) is 12.4 Å². The lowest BCUT2D eigenvalue weighted by molar-refractivity contribution is 0.0182. The van der Waals surface area contributed by atoms with Crippen LogP contribution in [0.15, 0.2) is 12.4 Å². The van der Waals surface area contributed by atoms with Crippen molar-refractivity contribution in [1.29, 1.82) is 0 Å². The molecule has 1 aromatic heterocycles. The molecule has 1 aliphatic carbocycles. The minimum absolute atomic E-state index is 0.160. The summed E-state index contributed by atoms with van der Waals surface area (Å²) in [4.78, 5) is 19.0. The van der Waals surface area contributed by atoms with Gasteiger partial charge in [0.15, 0.2) is 0 Å². The number of rotatable bonds is 3. The van der Waals surface area contributed by atoms with Crippen LogP contribution in [0, 0.1) is 0 Å². The minimum Gasteiger partial charge on any atom is -0.390 e. The zero-order chi connectivity index (χ0) is 13.2. The molecule has 1 aliphatic rings. The lowest BCUT2D eigenvalue weighted by Gasteiger charge is -2.34. The number of nitrogens with one attached hydrogen (secondary N) is 1. The van der Waals surface area contributed by atoms with Crippen molar-refractivity contribution in [3.8, 4) is 0 Å². The molecule has 1 heterocycles. The number of nitrogens with two attached hydrogens (primary N) is 1. The molecule has 1 aromatic rings. The van der Waals surface area contributed by atoms with Gasteiger partial charge in [-0.25, -0.2) is 9.97 Å². The van der Waals surface area contributed by atoms with Crippen LogP contribution in [0.4, 0.5) is 5.95 Å². The van der Waals surface area contributed by atoms with E-state index >= 15 is 0 Å². The molecule has 0 unspecified atom stereocenters. The molecular formula is C12H18N4O2. The van der Waals surface area contributed by atoms with Crippen molar-refractivity contribution in [1.82, 2.24) is 9.97 Å². The van der Waals surface area contributed by atoms with Crippen molar-refractivity contribution in [3.05, 3.63) is 18.0 Å². The summed E-state index contributed by atoms with van der Waals surface area (Å²) in [5.74, 6) is -0.0788. The van der Waals surface area contributed by atoms with Crippen LogP contribution < -0.4 is 11.1 Å². The molecule has 98 valence electrons. The standard InChI is InChI=1S/C12H18N4O2/c1-12(18)4-2-3-9(5-12)16-11-14-6-8(7-15-11)10(13)17/h6-7,9,18H,2-5H2,1H3,(H2,13,17)(H,14,15,16)/t9-,12+/m1/s1. The third-order valence-electron chi connectivity index (χ3n) is 3.22. The lowest BCUT2D eigenvalue weighted by Crippen LogP contribution is -2.38. The largest absolute Gasteiger partial charge is 0.390 e. The Morgan fingerprint density at radius 2 is 2.22 bits per heavy atom. The van der Waals surface area contributed by atoms with Gasteiger partial charge < -0.3 is 16.2 Å². The maximum absolute atomic E-state index is 10.9. The second kappa shape index (κ2) is 4.89. The fraction of sp³-hybridized carbons (Fsp3) is 0.583. The van der Waals surface area contributed by atoms with Gasteiger partial charge in [-0.05, 0) is 32.6 Å². The van der Waals surface area contributed by atoms with Gasteiger partial charge in [-0.3, -0.25) is 4.79 Å². The van der Waals surface area contributed by atoms with E-state index in [1.54, 1.807) is 0 Å². The molecule has 2 atom stereocenters. The summed E-state index contributed by atoms with van der Waals surface area (Å²) in [5, 5.41) is 13.2. The molecule has 0 aliphatic heterocycles. The minimum atomic E-state index is -0.622. The average molecular weight is 250 g/mol. The molecule has 18 heavy (non-hydrogen) atoms. The van der Waals surface area contributed by atoms with Crippen molar-refractivity contribution in [2.45, 2.75) is 44.2 Å². The summed E-state index contributed by atoms with van der Waals surface area (Å²) in [7, 11) is 0. The smallest absolute Gasteiger partial charge is 0.251 e. The highest BCUT2D eigenvalue weighted by molar-refractivity contribution is 5.92. The lowest BCUT2D eigenvalue weighted by atomic mass is 9.83. The normalized spacial score (nSPS) is 27.8. The van der Waals surface area contributed by atoms with Crippen molar-refractivity contribution in [2.75, 3.05) is 5.32 Å². The number of nitrogens with zero attached hydrogens (tertiary/aromatic N) is 2. The Hall–Kier alpha value is -1.69. The Bertz CT molecular complexity index is 430. The number of hydrogen-bond donors (Lipinski definition) is 3. The number of amides is 1. The highest BCUT2D eigenvalue weighted by Gasteiger charge is 2.30. The Kier molecular flexibility index (Phi) is 3.47. The summed E-state index contributed by atoms with van der Waals surface area (Å²) in [6, 6.07) is 0.160. The van der Waals surface area contributed by atoms with Gasteiger partial charge in [-0.2, -0.15) is 0 Å². The highest BCUT2D eigenvalue weighted by Crippen LogP contribution is 2.28.